The van der Waals surface area contributed by atoms with Crippen molar-refractivity contribution in [2.75, 3.05) is 7.05 Å². The van der Waals surface area contributed by atoms with Crippen molar-refractivity contribution in [3.8, 4) is 0 Å². The van der Waals surface area contributed by atoms with E-state index in [4.69, 9.17) is 0 Å². The summed E-state index contributed by atoms with van der Waals surface area (Å²) in [5.41, 5.74) is 1.16. The second-order valence-electron chi connectivity index (χ2n) is 4.05. The molecule has 0 saturated heterocycles. The Hall–Kier alpha value is -0.410. The molecule has 1 unspecified atom stereocenters. The second kappa shape index (κ2) is 6.96. The predicted molar refractivity (Wildman–Crippen MR) is 67.5 cm³/mol. The van der Waals surface area contributed by atoms with Gasteiger partial charge in [-0.3, -0.25) is 0 Å². The van der Waals surface area contributed by atoms with Crippen molar-refractivity contribution in [2.24, 2.45) is 0 Å². The Morgan fingerprint density at radius 1 is 1.47 bits per heavy atom. The molecule has 1 rings (SSSR count). The normalized spacial score (nSPS) is 13.0. The van der Waals surface area contributed by atoms with Gasteiger partial charge in [-0.1, -0.05) is 13.3 Å². The molecule has 0 amide bonds. The summed E-state index contributed by atoms with van der Waals surface area (Å²) in [4.78, 5) is 4.48. The highest BCUT2D eigenvalue weighted by Crippen LogP contribution is 2.13. The first-order chi connectivity index (χ1) is 7.26. The number of thiazole rings is 1. The number of nitrogens with zero attached hydrogens (tertiary/aromatic N) is 1. The topological polar surface area (TPSA) is 24.9 Å². The first-order valence-corrected chi connectivity index (χ1v) is 6.72. The summed E-state index contributed by atoms with van der Waals surface area (Å²) in [6.07, 6.45) is 6.21. The number of aryl methyl sites for hydroxylation is 2. The van der Waals surface area contributed by atoms with Gasteiger partial charge in [-0.15, -0.1) is 11.3 Å². The fourth-order valence-corrected chi connectivity index (χ4v) is 2.62. The molecule has 0 spiro atoms. The van der Waals surface area contributed by atoms with Crippen molar-refractivity contribution in [3.63, 3.8) is 0 Å². The van der Waals surface area contributed by atoms with E-state index in [2.05, 4.69) is 36.6 Å². The quantitative estimate of drug-likeness (QED) is 0.772. The third-order valence-corrected chi connectivity index (χ3v) is 3.68. The van der Waals surface area contributed by atoms with Crippen LogP contribution in [-0.2, 0) is 6.42 Å². The van der Waals surface area contributed by atoms with Gasteiger partial charge in [-0.2, -0.15) is 0 Å². The largest absolute Gasteiger partial charge is 0.317 e. The Morgan fingerprint density at radius 2 is 2.27 bits per heavy atom. The second-order valence-corrected chi connectivity index (χ2v) is 4.99. The van der Waals surface area contributed by atoms with E-state index >= 15 is 0 Å². The van der Waals surface area contributed by atoms with E-state index in [9.17, 15) is 0 Å². The lowest BCUT2D eigenvalue weighted by molar-refractivity contribution is 0.469. The maximum atomic E-state index is 4.48. The Labute approximate surface area is 97.1 Å². The minimum atomic E-state index is 0.691. The highest BCUT2D eigenvalue weighted by Gasteiger charge is 2.05. The number of hydrogen-bond acceptors (Lipinski definition) is 3. The van der Waals surface area contributed by atoms with Gasteiger partial charge in [0.05, 0.1) is 5.01 Å². The molecule has 1 N–H and O–H groups in total. The van der Waals surface area contributed by atoms with Crippen molar-refractivity contribution in [1.29, 1.82) is 0 Å². The first-order valence-electron chi connectivity index (χ1n) is 5.84. The zero-order valence-electron chi connectivity index (χ0n) is 10.0. The Bertz CT molecular complexity index is 270. The van der Waals surface area contributed by atoms with Gasteiger partial charge in [-0.05, 0) is 39.7 Å². The van der Waals surface area contributed by atoms with Gasteiger partial charge in [0.15, 0.2) is 0 Å². The van der Waals surface area contributed by atoms with E-state index in [1.54, 1.807) is 11.3 Å². The molecule has 15 heavy (non-hydrogen) atoms. The summed E-state index contributed by atoms with van der Waals surface area (Å²) in [5, 5.41) is 6.80. The minimum absolute atomic E-state index is 0.691. The van der Waals surface area contributed by atoms with Crippen molar-refractivity contribution in [2.45, 2.75) is 52.0 Å². The molecule has 0 radical (unpaired) electrons. The maximum Gasteiger partial charge on any atom is 0.0928 e. The number of hydrogen-bond donors (Lipinski definition) is 1. The van der Waals surface area contributed by atoms with Gasteiger partial charge < -0.3 is 5.32 Å². The molecule has 1 aromatic rings. The monoisotopic (exact) mass is 226 g/mol. The molecule has 1 atom stereocenters. The molecule has 3 heteroatoms. The molecule has 0 fully saturated rings. The third-order valence-electron chi connectivity index (χ3n) is 2.66. The Balaban J connectivity index is 2.20. The fourth-order valence-electron chi connectivity index (χ4n) is 1.80. The molecular formula is C12H22N2S. The number of rotatable bonds is 7. The molecule has 86 valence electrons. The van der Waals surface area contributed by atoms with Gasteiger partial charge >= 0.3 is 0 Å². The van der Waals surface area contributed by atoms with Gasteiger partial charge in [0, 0.05) is 17.1 Å². The standard InChI is InChI=1S/C12H22N2S/c1-4-6-11(13-3)7-5-8-12-14-10(2)9-15-12/h9,11,13H,4-8H2,1-3H3. The highest BCUT2D eigenvalue weighted by molar-refractivity contribution is 7.09. The minimum Gasteiger partial charge on any atom is -0.317 e. The number of nitrogens with one attached hydrogen (secondary N) is 1. The van der Waals surface area contributed by atoms with E-state index in [1.165, 1.54) is 30.7 Å². The van der Waals surface area contributed by atoms with Crippen molar-refractivity contribution < 1.29 is 0 Å². The van der Waals surface area contributed by atoms with Crippen LogP contribution in [0.4, 0.5) is 0 Å². The van der Waals surface area contributed by atoms with Crippen LogP contribution < -0.4 is 5.32 Å². The van der Waals surface area contributed by atoms with E-state index < -0.39 is 0 Å². The van der Waals surface area contributed by atoms with E-state index in [1.807, 2.05) is 0 Å². The lowest BCUT2D eigenvalue weighted by Gasteiger charge is -2.14. The summed E-state index contributed by atoms with van der Waals surface area (Å²) in [6.45, 7) is 4.31. The van der Waals surface area contributed by atoms with Gasteiger partial charge in [0.1, 0.15) is 0 Å². The van der Waals surface area contributed by atoms with Crippen LogP contribution in [0.5, 0.6) is 0 Å². The van der Waals surface area contributed by atoms with E-state index in [0.29, 0.717) is 6.04 Å². The summed E-state index contributed by atoms with van der Waals surface area (Å²) in [6, 6.07) is 0.691. The first kappa shape index (κ1) is 12.7. The third kappa shape index (κ3) is 4.76. The van der Waals surface area contributed by atoms with Crippen LogP contribution in [0.1, 0.15) is 43.3 Å². The van der Waals surface area contributed by atoms with Crippen LogP contribution in [0.3, 0.4) is 0 Å². The van der Waals surface area contributed by atoms with Crippen LogP contribution in [0.2, 0.25) is 0 Å². The maximum absolute atomic E-state index is 4.48. The molecule has 2 nitrogen and oxygen atoms in total. The molecule has 0 aromatic carbocycles. The molecule has 0 bridgehead atoms. The van der Waals surface area contributed by atoms with Gasteiger partial charge in [0.2, 0.25) is 0 Å². The summed E-state index contributed by atoms with van der Waals surface area (Å²) < 4.78 is 0. The smallest absolute Gasteiger partial charge is 0.0928 e. The van der Waals surface area contributed by atoms with Crippen LogP contribution in [0.25, 0.3) is 0 Å². The van der Waals surface area contributed by atoms with Crippen molar-refractivity contribution in [3.05, 3.63) is 16.1 Å². The molecular weight excluding hydrogens is 204 g/mol. The fraction of sp³-hybridized carbons (Fsp3) is 0.750. The number of aromatic nitrogens is 1. The van der Waals surface area contributed by atoms with E-state index in [0.717, 1.165) is 12.1 Å². The van der Waals surface area contributed by atoms with E-state index in [-0.39, 0.29) is 0 Å². The lowest BCUT2D eigenvalue weighted by Crippen LogP contribution is -2.24. The molecule has 1 heterocycles. The zero-order valence-corrected chi connectivity index (χ0v) is 10.9. The molecule has 1 aromatic heterocycles. The van der Waals surface area contributed by atoms with Crippen molar-refractivity contribution >= 4 is 11.3 Å². The molecule has 0 aliphatic rings. The summed E-state index contributed by atoms with van der Waals surface area (Å²) in [7, 11) is 2.06. The predicted octanol–water partition coefficient (Wildman–Crippen LogP) is 3.16. The van der Waals surface area contributed by atoms with Crippen molar-refractivity contribution in [1.82, 2.24) is 10.3 Å². The average Bonchev–Trinajstić information content (AvgIpc) is 2.63. The van der Waals surface area contributed by atoms with Crippen LogP contribution in [-0.4, -0.2) is 18.1 Å². The summed E-state index contributed by atoms with van der Waals surface area (Å²) in [5.74, 6) is 0. The van der Waals surface area contributed by atoms with Crippen LogP contribution >= 0.6 is 11.3 Å². The average molecular weight is 226 g/mol. The zero-order chi connectivity index (χ0) is 11.1. The van der Waals surface area contributed by atoms with Gasteiger partial charge in [0.25, 0.3) is 0 Å². The molecule has 0 aliphatic heterocycles. The Morgan fingerprint density at radius 3 is 2.80 bits per heavy atom. The van der Waals surface area contributed by atoms with Gasteiger partial charge in [-0.25, -0.2) is 4.98 Å². The van der Waals surface area contributed by atoms with Crippen LogP contribution in [0.15, 0.2) is 5.38 Å². The molecule has 0 saturated carbocycles. The SMILES string of the molecule is CCCC(CCCc1nc(C)cs1)NC. The Kier molecular flexibility index (Phi) is 5.88. The van der Waals surface area contributed by atoms with Crippen LogP contribution in [0, 0.1) is 6.92 Å². The lowest BCUT2D eigenvalue weighted by atomic mass is 10.1. The summed E-state index contributed by atoms with van der Waals surface area (Å²) >= 11 is 1.79. The highest BCUT2D eigenvalue weighted by atomic mass is 32.1. The molecule has 0 aliphatic carbocycles.